The zero-order valence-corrected chi connectivity index (χ0v) is 11.6. The van der Waals surface area contributed by atoms with E-state index in [1.807, 2.05) is 18.2 Å². The van der Waals surface area contributed by atoms with Crippen LogP contribution in [0.5, 0.6) is 0 Å². The van der Waals surface area contributed by atoms with Crippen LogP contribution in [-0.2, 0) is 11.2 Å². The van der Waals surface area contributed by atoms with Crippen molar-refractivity contribution in [1.29, 1.82) is 0 Å². The second-order valence-electron chi connectivity index (χ2n) is 5.20. The lowest BCUT2D eigenvalue weighted by molar-refractivity contribution is -0.126. The molecule has 1 aliphatic heterocycles. The zero-order chi connectivity index (χ0) is 13.7. The fraction of sp³-hybridized carbons (Fsp3) is 0.533. The Morgan fingerprint density at radius 3 is 3.00 bits per heavy atom. The zero-order valence-electron chi connectivity index (χ0n) is 11.6. The Balaban J connectivity index is 1.86. The smallest absolute Gasteiger partial charge is 0.224 e. The van der Waals surface area contributed by atoms with Crippen LogP contribution in [0.25, 0.3) is 0 Å². The van der Waals surface area contributed by atoms with E-state index >= 15 is 0 Å². The Morgan fingerprint density at radius 2 is 2.26 bits per heavy atom. The summed E-state index contributed by atoms with van der Waals surface area (Å²) in [7, 11) is 1.71. The van der Waals surface area contributed by atoms with Crippen molar-refractivity contribution in [2.24, 2.45) is 5.92 Å². The van der Waals surface area contributed by atoms with E-state index in [9.17, 15) is 4.79 Å². The molecule has 1 saturated heterocycles. The average Bonchev–Trinajstić information content (AvgIpc) is 2.46. The fourth-order valence-electron chi connectivity index (χ4n) is 2.72. The maximum absolute atomic E-state index is 11.7. The number of benzene rings is 1. The number of hydrogen-bond donors (Lipinski definition) is 2. The van der Waals surface area contributed by atoms with Crippen molar-refractivity contribution in [3.05, 3.63) is 29.8 Å². The highest BCUT2D eigenvalue weighted by Gasteiger charge is 2.24. The number of nitrogens with one attached hydrogen (secondary N) is 1. The highest BCUT2D eigenvalue weighted by Crippen LogP contribution is 2.18. The van der Waals surface area contributed by atoms with Crippen LogP contribution in [0.3, 0.4) is 0 Å². The van der Waals surface area contributed by atoms with Crippen LogP contribution in [0.1, 0.15) is 18.4 Å². The molecule has 0 aliphatic carbocycles. The number of nitrogen functional groups attached to an aromatic ring is 1. The number of piperidine rings is 1. The monoisotopic (exact) mass is 261 g/mol. The maximum Gasteiger partial charge on any atom is 0.224 e. The van der Waals surface area contributed by atoms with E-state index in [1.54, 1.807) is 7.05 Å². The maximum atomic E-state index is 11.7. The summed E-state index contributed by atoms with van der Waals surface area (Å²) in [5.74, 6) is 0.316. The van der Waals surface area contributed by atoms with Gasteiger partial charge in [-0.2, -0.15) is 0 Å². The van der Waals surface area contributed by atoms with Gasteiger partial charge in [0.1, 0.15) is 0 Å². The minimum Gasteiger partial charge on any atom is -0.399 e. The quantitative estimate of drug-likeness (QED) is 0.803. The summed E-state index contributed by atoms with van der Waals surface area (Å²) in [5, 5.41) is 2.75. The molecule has 0 spiro atoms. The molecule has 1 fully saturated rings. The summed E-state index contributed by atoms with van der Waals surface area (Å²) in [6, 6.07) is 8.00. The van der Waals surface area contributed by atoms with Crippen LogP contribution in [0.2, 0.25) is 0 Å². The number of carbonyl (C=O) groups is 1. The molecule has 0 aromatic heterocycles. The molecule has 19 heavy (non-hydrogen) atoms. The molecule has 1 aromatic rings. The topological polar surface area (TPSA) is 58.4 Å². The van der Waals surface area contributed by atoms with E-state index in [2.05, 4.69) is 16.3 Å². The molecule has 1 atom stereocenters. The average molecular weight is 261 g/mol. The third kappa shape index (κ3) is 3.70. The van der Waals surface area contributed by atoms with Crippen molar-refractivity contribution >= 4 is 11.6 Å². The van der Waals surface area contributed by atoms with Gasteiger partial charge in [-0.15, -0.1) is 0 Å². The van der Waals surface area contributed by atoms with Gasteiger partial charge in [0.05, 0.1) is 5.92 Å². The van der Waals surface area contributed by atoms with Crippen molar-refractivity contribution in [2.75, 3.05) is 32.4 Å². The normalized spacial score (nSPS) is 20.2. The molecule has 0 saturated carbocycles. The number of hydrogen-bond acceptors (Lipinski definition) is 3. The van der Waals surface area contributed by atoms with E-state index in [-0.39, 0.29) is 11.8 Å². The molecular formula is C15H23N3O. The van der Waals surface area contributed by atoms with E-state index in [0.29, 0.717) is 0 Å². The highest BCUT2D eigenvalue weighted by molar-refractivity contribution is 5.78. The minimum absolute atomic E-state index is 0.145. The van der Waals surface area contributed by atoms with Crippen LogP contribution in [0, 0.1) is 5.92 Å². The summed E-state index contributed by atoms with van der Waals surface area (Å²) in [4.78, 5) is 14.1. The van der Waals surface area contributed by atoms with Gasteiger partial charge in [0.2, 0.25) is 5.91 Å². The summed E-state index contributed by atoms with van der Waals surface area (Å²) < 4.78 is 0. The van der Waals surface area contributed by atoms with Crippen molar-refractivity contribution in [3.8, 4) is 0 Å². The van der Waals surface area contributed by atoms with Gasteiger partial charge in [-0.1, -0.05) is 18.2 Å². The van der Waals surface area contributed by atoms with Crippen LogP contribution in [0.15, 0.2) is 24.3 Å². The molecule has 4 nitrogen and oxygen atoms in total. The lowest BCUT2D eigenvalue weighted by Gasteiger charge is -2.31. The first-order valence-electron chi connectivity index (χ1n) is 6.98. The molecule has 104 valence electrons. The number of anilines is 1. The van der Waals surface area contributed by atoms with Crippen LogP contribution < -0.4 is 11.1 Å². The number of nitrogens with two attached hydrogens (primary N) is 1. The number of rotatable bonds is 4. The van der Waals surface area contributed by atoms with Gasteiger partial charge in [0.25, 0.3) is 0 Å². The van der Waals surface area contributed by atoms with Crippen molar-refractivity contribution in [1.82, 2.24) is 10.2 Å². The predicted octanol–water partition coefficient (Wildman–Crippen LogP) is 1.27. The SMILES string of the molecule is CNC(=O)C1CCCN(CCc2ccccc2N)C1. The Labute approximate surface area is 115 Å². The molecule has 4 heteroatoms. The summed E-state index contributed by atoms with van der Waals surface area (Å²) in [6.07, 6.45) is 3.05. The Hall–Kier alpha value is -1.55. The number of carbonyl (C=O) groups excluding carboxylic acids is 1. The van der Waals surface area contributed by atoms with E-state index < -0.39 is 0 Å². The second-order valence-corrected chi connectivity index (χ2v) is 5.20. The lowest BCUT2D eigenvalue weighted by atomic mass is 9.96. The summed E-state index contributed by atoms with van der Waals surface area (Å²) in [5.41, 5.74) is 8.01. The first-order valence-corrected chi connectivity index (χ1v) is 6.98. The first-order chi connectivity index (χ1) is 9.20. The Kier molecular flexibility index (Phi) is 4.80. The van der Waals surface area contributed by atoms with Crippen LogP contribution >= 0.6 is 0 Å². The number of likely N-dealkylation sites (tertiary alicyclic amines) is 1. The standard InChI is InChI=1S/C15H23N3O/c1-17-15(19)13-6-4-9-18(11-13)10-8-12-5-2-3-7-14(12)16/h2-3,5,7,13H,4,6,8-11,16H2,1H3,(H,17,19). The van der Waals surface area contributed by atoms with Gasteiger partial charge in [0, 0.05) is 25.8 Å². The molecule has 1 heterocycles. The summed E-state index contributed by atoms with van der Waals surface area (Å²) in [6.45, 7) is 2.92. The highest BCUT2D eigenvalue weighted by atomic mass is 16.1. The van der Waals surface area contributed by atoms with E-state index in [1.165, 1.54) is 5.56 Å². The fourth-order valence-corrected chi connectivity index (χ4v) is 2.72. The van der Waals surface area contributed by atoms with Crippen molar-refractivity contribution in [2.45, 2.75) is 19.3 Å². The largest absolute Gasteiger partial charge is 0.399 e. The molecule has 1 aliphatic rings. The molecule has 0 bridgehead atoms. The Morgan fingerprint density at radius 1 is 1.47 bits per heavy atom. The third-order valence-corrected chi connectivity index (χ3v) is 3.88. The van der Waals surface area contributed by atoms with Crippen LogP contribution in [0.4, 0.5) is 5.69 Å². The van der Waals surface area contributed by atoms with E-state index in [0.717, 1.165) is 44.6 Å². The predicted molar refractivity (Wildman–Crippen MR) is 77.8 cm³/mol. The van der Waals surface area contributed by atoms with Gasteiger partial charge in [-0.25, -0.2) is 0 Å². The van der Waals surface area contributed by atoms with Gasteiger partial charge >= 0.3 is 0 Å². The van der Waals surface area contributed by atoms with Gasteiger partial charge in [-0.3, -0.25) is 4.79 Å². The number of para-hydroxylation sites is 1. The molecular weight excluding hydrogens is 238 g/mol. The molecule has 1 amide bonds. The first kappa shape index (κ1) is 13.9. The summed E-state index contributed by atoms with van der Waals surface area (Å²) >= 11 is 0. The van der Waals surface area contributed by atoms with Gasteiger partial charge < -0.3 is 16.0 Å². The number of amides is 1. The molecule has 1 aromatic carbocycles. The van der Waals surface area contributed by atoms with Crippen molar-refractivity contribution in [3.63, 3.8) is 0 Å². The van der Waals surface area contributed by atoms with E-state index in [4.69, 9.17) is 5.73 Å². The van der Waals surface area contributed by atoms with Crippen LogP contribution in [-0.4, -0.2) is 37.5 Å². The van der Waals surface area contributed by atoms with Gasteiger partial charge in [-0.05, 0) is 37.4 Å². The molecule has 2 rings (SSSR count). The number of nitrogens with zero attached hydrogens (tertiary/aromatic N) is 1. The molecule has 3 N–H and O–H groups in total. The van der Waals surface area contributed by atoms with Gasteiger partial charge in [0.15, 0.2) is 0 Å². The minimum atomic E-state index is 0.145. The van der Waals surface area contributed by atoms with Crippen molar-refractivity contribution < 1.29 is 4.79 Å². The second kappa shape index (κ2) is 6.57. The molecule has 1 unspecified atom stereocenters. The lowest BCUT2D eigenvalue weighted by Crippen LogP contribution is -2.42. The Bertz CT molecular complexity index is 433. The molecule has 0 radical (unpaired) electrons. The third-order valence-electron chi connectivity index (χ3n) is 3.88.